The van der Waals surface area contributed by atoms with Crippen molar-refractivity contribution < 1.29 is 34.5 Å². The third kappa shape index (κ3) is 10.7. The van der Waals surface area contributed by atoms with E-state index < -0.39 is 47.9 Å². The molecule has 0 aliphatic heterocycles. The minimum Gasteiger partial charge on any atom is -0.508 e. The number of thioether (sulfide) groups is 1. The van der Waals surface area contributed by atoms with Crippen molar-refractivity contribution in [3.8, 4) is 11.5 Å². The molecule has 0 aliphatic carbocycles. The van der Waals surface area contributed by atoms with E-state index in [1.54, 1.807) is 24.3 Å². The zero-order chi connectivity index (χ0) is 28.9. The molecule has 3 amide bonds. The van der Waals surface area contributed by atoms with E-state index in [1.165, 1.54) is 36.0 Å². The number of thiol groups is 1. The molecule has 0 aliphatic rings. The number of phenolic OH excluding ortho intramolecular Hbond substituents is 2. The third-order valence-electron chi connectivity index (χ3n) is 5.78. The van der Waals surface area contributed by atoms with Crippen LogP contribution in [0.25, 0.3) is 0 Å². The van der Waals surface area contributed by atoms with Gasteiger partial charge >= 0.3 is 5.97 Å². The van der Waals surface area contributed by atoms with E-state index in [2.05, 4.69) is 28.6 Å². The number of amides is 3. The van der Waals surface area contributed by atoms with Gasteiger partial charge in [0.25, 0.3) is 0 Å². The van der Waals surface area contributed by atoms with Crippen molar-refractivity contribution in [3.63, 3.8) is 0 Å². The molecule has 11 nitrogen and oxygen atoms in total. The third-order valence-corrected chi connectivity index (χ3v) is 6.79. The molecule has 0 spiro atoms. The zero-order valence-electron chi connectivity index (χ0n) is 21.4. The minimum absolute atomic E-state index is 0.0240. The molecule has 0 saturated carbocycles. The molecular weight excluding hydrogens is 544 g/mol. The van der Waals surface area contributed by atoms with E-state index in [4.69, 9.17) is 5.73 Å². The van der Waals surface area contributed by atoms with Gasteiger partial charge in [0.15, 0.2) is 0 Å². The summed E-state index contributed by atoms with van der Waals surface area (Å²) in [4.78, 5) is 50.5. The fraction of sp³-hybridized carbons (Fsp3) is 0.385. The molecule has 0 bridgehead atoms. The molecule has 2 rings (SSSR count). The van der Waals surface area contributed by atoms with Crippen LogP contribution in [0.5, 0.6) is 11.5 Å². The molecule has 0 aromatic heterocycles. The minimum atomic E-state index is -1.19. The maximum Gasteiger partial charge on any atom is 0.326 e. The lowest BCUT2D eigenvalue weighted by Crippen LogP contribution is -2.58. The quantitative estimate of drug-likeness (QED) is 0.139. The number of rotatable bonds is 15. The van der Waals surface area contributed by atoms with Gasteiger partial charge < -0.3 is 37.0 Å². The molecule has 0 fully saturated rings. The van der Waals surface area contributed by atoms with Gasteiger partial charge in [0.2, 0.25) is 17.7 Å². The van der Waals surface area contributed by atoms with Crippen molar-refractivity contribution in [2.75, 3.05) is 17.8 Å². The number of carboxylic acids is 1. The van der Waals surface area contributed by atoms with Gasteiger partial charge in [0.05, 0.1) is 6.04 Å². The summed E-state index contributed by atoms with van der Waals surface area (Å²) in [6.07, 6.45) is 2.19. The summed E-state index contributed by atoms with van der Waals surface area (Å²) in [7, 11) is 0. The van der Waals surface area contributed by atoms with Crippen LogP contribution in [-0.2, 0) is 32.0 Å². The smallest absolute Gasteiger partial charge is 0.326 e. The van der Waals surface area contributed by atoms with E-state index in [0.29, 0.717) is 16.9 Å². The molecule has 13 heteroatoms. The van der Waals surface area contributed by atoms with Crippen molar-refractivity contribution in [3.05, 3.63) is 59.7 Å². The van der Waals surface area contributed by atoms with Crippen molar-refractivity contribution in [2.45, 2.75) is 43.4 Å². The molecule has 8 N–H and O–H groups in total. The highest BCUT2D eigenvalue weighted by atomic mass is 32.2. The number of nitrogens with two attached hydrogens (primary N) is 1. The summed E-state index contributed by atoms with van der Waals surface area (Å²) >= 11 is 5.58. The Bertz CT molecular complexity index is 1120. The maximum absolute atomic E-state index is 13.3. The fourth-order valence-corrected chi connectivity index (χ4v) is 4.29. The lowest BCUT2D eigenvalue weighted by atomic mass is 10.0. The predicted molar refractivity (Wildman–Crippen MR) is 152 cm³/mol. The van der Waals surface area contributed by atoms with Crippen molar-refractivity contribution >= 4 is 48.1 Å². The number of hydrogen-bond donors (Lipinski definition) is 8. The number of phenols is 2. The molecule has 212 valence electrons. The first kappa shape index (κ1) is 31.8. The topological polar surface area (TPSA) is 191 Å². The van der Waals surface area contributed by atoms with Crippen LogP contribution < -0.4 is 21.7 Å². The van der Waals surface area contributed by atoms with E-state index in [0.717, 1.165) is 0 Å². The van der Waals surface area contributed by atoms with Crippen LogP contribution in [0, 0.1) is 0 Å². The first-order valence-electron chi connectivity index (χ1n) is 12.1. The van der Waals surface area contributed by atoms with Gasteiger partial charge in [-0.25, -0.2) is 4.79 Å². The number of carbonyl (C=O) groups excluding carboxylic acids is 3. The Labute approximate surface area is 236 Å². The van der Waals surface area contributed by atoms with Gasteiger partial charge in [-0.2, -0.15) is 24.4 Å². The van der Waals surface area contributed by atoms with Crippen LogP contribution in [0.2, 0.25) is 0 Å². The van der Waals surface area contributed by atoms with Crippen molar-refractivity contribution in [1.29, 1.82) is 0 Å². The number of aliphatic carboxylic acids is 1. The summed E-state index contributed by atoms with van der Waals surface area (Å²) in [5.41, 5.74) is 7.40. The molecule has 0 saturated heterocycles. The Hall–Kier alpha value is -3.42. The van der Waals surface area contributed by atoms with Gasteiger partial charge in [-0.1, -0.05) is 24.3 Å². The number of carboxylic acid groups (broad SMARTS) is 1. The first-order chi connectivity index (χ1) is 18.5. The van der Waals surface area contributed by atoms with Gasteiger partial charge in [-0.15, -0.1) is 0 Å². The normalized spacial score (nSPS) is 13.9. The molecule has 4 unspecified atom stereocenters. The van der Waals surface area contributed by atoms with Crippen LogP contribution in [0.4, 0.5) is 0 Å². The molecule has 39 heavy (non-hydrogen) atoms. The summed E-state index contributed by atoms with van der Waals surface area (Å²) in [6.45, 7) is 0. The molecular formula is C26H34N4O7S2. The van der Waals surface area contributed by atoms with E-state index in [1.807, 2.05) is 6.26 Å². The lowest BCUT2D eigenvalue weighted by Gasteiger charge is -2.24. The SMILES string of the molecule is CSCCC(NC(=O)C(CS)NC(=O)C(Cc1ccc(O)cc1)NC(=O)C(N)Cc1ccc(O)cc1)C(=O)O. The number of carbonyl (C=O) groups is 4. The highest BCUT2D eigenvalue weighted by Gasteiger charge is 2.30. The van der Waals surface area contributed by atoms with Gasteiger partial charge in [0.1, 0.15) is 29.6 Å². The Kier molecular flexibility index (Phi) is 12.9. The second kappa shape index (κ2) is 15.9. The van der Waals surface area contributed by atoms with E-state index in [9.17, 15) is 34.5 Å². The van der Waals surface area contributed by atoms with Gasteiger partial charge in [-0.05, 0) is 60.2 Å². The van der Waals surface area contributed by atoms with Crippen LogP contribution in [-0.4, -0.2) is 80.9 Å². The van der Waals surface area contributed by atoms with Crippen molar-refractivity contribution in [1.82, 2.24) is 16.0 Å². The van der Waals surface area contributed by atoms with E-state index >= 15 is 0 Å². The Morgan fingerprint density at radius 1 is 0.795 bits per heavy atom. The lowest BCUT2D eigenvalue weighted by molar-refractivity contribution is -0.142. The molecule has 0 radical (unpaired) electrons. The average Bonchev–Trinajstić information content (AvgIpc) is 2.91. The van der Waals surface area contributed by atoms with E-state index in [-0.39, 0.29) is 36.5 Å². The summed E-state index contributed by atoms with van der Waals surface area (Å²) in [5, 5.41) is 36.0. The summed E-state index contributed by atoms with van der Waals surface area (Å²) < 4.78 is 0. The van der Waals surface area contributed by atoms with Gasteiger partial charge in [0, 0.05) is 12.2 Å². The van der Waals surface area contributed by atoms with Gasteiger partial charge in [-0.3, -0.25) is 14.4 Å². The van der Waals surface area contributed by atoms with Crippen molar-refractivity contribution in [2.24, 2.45) is 5.73 Å². The Morgan fingerprint density at radius 2 is 1.26 bits per heavy atom. The maximum atomic E-state index is 13.3. The second-order valence-electron chi connectivity index (χ2n) is 8.83. The molecule has 2 aromatic carbocycles. The molecule has 4 atom stereocenters. The number of nitrogens with one attached hydrogen (secondary N) is 3. The molecule has 2 aromatic rings. The monoisotopic (exact) mass is 578 g/mol. The highest BCUT2D eigenvalue weighted by molar-refractivity contribution is 7.98. The first-order valence-corrected chi connectivity index (χ1v) is 14.1. The molecule has 0 heterocycles. The number of aromatic hydroxyl groups is 2. The standard InChI is InChI=1S/C26H34N4O7S2/c1-39-11-10-20(26(36)37)28-25(35)22(14-38)30-24(34)21(13-16-4-8-18(32)9-5-16)29-23(33)19(27)12-15-2-6-17(31)7-3-15/h2-9,19-22,31-32,38H,10-14,27H2,1H3,(H,28,35)(H,29,33)(H,30,34)(H,36,37). The van der Waals surface area contributed by atoms with Crippen LogP contribution in [0.3, 0.4) is 0 Å². The Morgan fingerprint density at radius 3 is 1.74 bits per heavy atom. The Balaban J connectivity index is 2.15. The van der Waals surface area contributed by atoms with Crippen LogP contribution >= 0.6 is 24.4 Å². The predicted octanol–water partition coefficient (Wildman–Crippen LogP) is 0.432. The number of benzene rings is 2. The van der Waals surface area contributed by atoms with Crippen LogP contribution in [0.1, 0.15) is 17.5 Å². The number of hydrogen-bond acceptors (Lipinski definition) is 9. The fourth-order valence-electron chi connectivity index (χ4n) is 3.57. The average molecular weight is 579 g/mol. The highest BCUT2D eigenvalue weighted by Crippen LogP contribution is 2.13. The second-order valence-corrected chi connectivity index (χ2v) is 10.2. The summed E-state index contributed by atoms with van der Waals surface area (Å²) in [6, 6.07) is 7.80. The van der Waals surface area contributed by atoms with Crippen LogP contribution in [0.15, 0.2) is 48.5 Å². The zero-order valence-corrected chi connectivity index (χ0v) is 23.1. The largest absolute Gasteiger partial charge is 0.508 e. The summed E-state index contributed by atoms with van der Waals surface area (Å²) in [5.74, 6) is -2.72.